The summed E-state index contributed by atoms with van der Waals surface area (Å²) in [5, 5.41) is 5.85. The fourth-order valence-corrected chi connectivity index (χ4v) is 4.37. The van der Waals surface area contributed by atoms with Gasteiger partial charge >= 0.3 is 0 Å². The van der Waals surface area contributed by atoms with E-state index in [0.29, 0.717) is 32.5 Å². The van der Waals surface area contributed by atoms with E-state index in [9.17, 15) is 4.79 Å². The van der Waals surface area contributed by atoms with Gasteiger partial charge in [0.2, 0.25) is 5.71 Å². The van der Waals surface area contributed by atoms with Crippen LogP contribution >= 0.6 is 23.2 Å². The Balaban J connectivity index is 1.72. The fourth-order valence-electron chi connectivity index (χ4n) is 3.97. The van der Waals surface area contributed by atoms with Crippen LogP contribution < -0.4 is 11.2 Å². The number of carbonyl (C=O) groups is 1. The van der Waals surface area contributed by atoms with E-state index < -0.39 is 0 Å². The summed E-state index contributed by atoms with van der Waals surface area (Å²) in [6.45, 7) is 2.49. The Hall–Kier alpha value is -3.35. The van der Waals surface area contributed by atoms with E-state index in [-0.39, 0.29) is 23.9 Å². The lowest BCUT2D eigenvalue weighted by molar-refractivity contribution is 0.0964. The summed E-state index contributed by atoms with van der Waals surface area (Å²) in [5.41, 5.74) is 14.0. The maximum absolute atomic E-state index is 12.3. The molecule has 0 saturated heterocycles. The number of nitrogens with one attached hydrogen (secondary N) is 1. The van der Waals surface area contributed by atoms with Gasteiger partial charge in [0.05, 0.1) is 21.8 Å². The average Bonchev–Trinajstić information content (AvgIpc) is 3.47. The van der Waals surface area contributed by atoms with Crippen LogP contribution in [0.15, 0.2) is 58.0 Å². The molecule has 0 fully saturated rings. The lowest BCUT2D eigenvalue weighted by atomic mass is 9.95. The molecule has 0 radical (unpaired) electrons. The van der Waals surface area contributed by atoms with Crippen LogP contribution in [0.5, 0.6) is 0 Å². The zero-order valence-corrected chi connectivity index (χ0v) is 19.2. The third-order valence-electron chi connectivity index (χ3n) is 5.78. The number of rotatable bonds is 5. The highest BCUT2D eigenvalue weighted by Crippen LogP contribution is 2.40. The maximum atomic E-state index is 12.3. The normalized spacial score (nSPS) is 15.2. The molecule has 3 N–H and O–H groups in total. The van der Waals surface area contributed by atoms with Crippen molar-refractivity contribution >= 4 is 52.0 Å². The molecular weight excluding hydrogens is 459 g/mol. The minimum atomic E-state index is -0.172. The summed E-state index contributed by atoms with van der Waals surface area (Å²) in [6.07, 6.45) is 2.15. The molecule has 2 aromatic heterocycles. The minimum Gasteiger partial charge on any atom is -0.432 e. The van der Waals surface area contributed by atoms with Gasteiger partial charge in [-0.15, -0.1) is 0 Å². The zero-order chi connectivity index (χ0) is 23.1. The molecule has 1 aliphatic heterocycles. The van der Waals surface area contributed by atoms with E-state index in [2.05, 4.69) is 10.5 Å². The van der Waals surface area contributed by atoms with Crippen LogP contribution in [-0.2, 0) is 0 Å². The molecule has 3 heterocycles. The molecule has 166 valence electrons. The first-order valence-corrected chi connectivity index (χ1v) is 11.3. The molecule has 5 rings (SSSR count). The van der Waals surface area contributed by atoms with Gasteiger partial charge in [-0.2, -0.15) is 5.10 Å². The number of furan rings is 1. The Labute approximate surface area is 200 Å². The van der Waals surface area contributed by atoms with Crippen molar-refractivity contribution in [2.24, 2.45) is 5.10 Å². The lowest BCUT2D eigenvalue weighted by Gasteiger charge is -2.13. The maximum Gasteiger partial charge on any atom is 0.229 e. The number of anilines is 1. The molecule has 0 saturated carbocycles. The van der Waals surface area contributed by atoms with Gasteiger partial charge in [0.25, 0.3) is 0 Å². The van der Waals surface area contributed by atoms with Gasteiger partial charge in [0, 0.05) is 41.2 Å². The van der Waals surface area contributed by atoms with Crippen molar-refractivity contribution < 1.29 is 9.21 Å². The molecule has 0 spiro atoms. The number of aromatic nitrogens is 1. The van der Waals surface area contributed by atoms with Gasteiger partial charge in [-0.1, -0.05) is 54.4 Å². The summed E-state index contributed by atoms with van der Waals surface area (Å²) in [7, 11) is 0. The van der Waals surface area contributed by atoms with Crippen molar-refractivity contribution in [2.75, 3.05) is 12.3 Å². The fraction of sp³-hybridized carbons (Fsp3) is 0.160. The van der Waals surface area contributed by atoms with E-state index in [1.807, 2.05) is 54.7 Å². The monoisotopic (exact) mass is 478 g/mol. The second-order valence-electron chi connectivity index (χ2n) is 7.85. The first-order valence-electron chi connectivity index (χ1n) is 10.5. The third-order valence-corrected chi connectivity index (χ3v) is 6.35. The Morgan fingerprint density at radius 1 is 1.15 bits per heavy atom. The average molecular weight is 479 g/mol. The first-order chi connectivity index (χ1) is 16.0. The number of ketones is 1. The van der Waals surface area contributed by atoms with Crippen LogP contribution in [0.4, 0.5) is 5.69 Å². The van der Waals surface area contributed by atoms with Gasteiger partial charge in [-0.25, -0.2) is 4.98 Å². The quantitative estimate of drug-likeness (QED) is 0.327. The molecule has 1 atom stereocenters. The van der Waals surface area contributed by atoms with Crippen molar-refractivity contribution in [1.82, 2.24) is 10.4 Å². The van der Waals surface area contributed by atoms with Gasteiger partial charge in [-0.3, -0.25) is 4.79 Å². The van der Waals surface area contributed by atoms with Gasteiger partial charge in [0.1, 0.15) is 0 Å². The molecule has 0 amide bonds. The Kier molecular flexibility index (Phi) is 5.56. The van der Waals surface area contributed by atoms with E-state index >= 15 is 0 Å². The third kappa shape index (κ3) is 3.86. The van der Waals surface area contributed by atoms with Gasteiger partial charge < -0.3 is 15.6 Å². The summed E-state index contributed by atoms with van der Waals surface area (Å²) in [4.78, 5) is 17.1. The predicted molar refractivity (Wildman–Crippen MR) is 133 cm³/mol. The number of hydrogen-bond donors (Lipinski definition) is 2. The minimum absolute atomic E-state index is 0.133. The van der Waals surface area contributed by atoms with Crippen LogP contribution in [0.1, 0.15) is 35.4 Å². The number of benzene rings is 2. The van der Waals surface area contributed by atoms with Gasteiger partial charge in [-0.05, 0) is 35.4 Å². The SMILES string of the molecule is CCC(=O)c1oc2nc(-c3ccc(C4C=NNC4)cc3Cl)c(-c3ccc(Cl)cc3)cc2c1N. The number of fused-ring (bicyclic) bond motifs is 1. The highest BCUT2D eigenvalue weighted by molar-refractivity contribution is 6.33. The predicted octanol–water partition coefficient (Wildman–Crippen LogP) is 6.32. The summed E-state index contributed by atoms with van der Waals surface area (Å²) in [5.74, 6) is 0.123. The van der Waals surface area contributed by atoms with Crippen LogP contribution in [0, 0.1) is 0 Å². The van der Waals surface area contributed by atoms with Crippen LogP contribution in [0.3, 0.4) is 0 Å². The van der Waals surface area contributed by atoms with Gasteiger partial charge in [0.15, 0.2) is 11.5 Å². The number of carbonyl (C=O) groups excluding carboxylic acids is 1. The molecule has 6 nitrogen and oxygen atoms in total. The molecule has 1 aliphatic rings. The Bertz CT molecular complexity index is 1410. The number of hydrogen-bond acceptors (Lipinski definition) is 6. The number of pyridine rings is 1. The van der Waals surface area contributed by atoms with Crippen molar-refractivity contribution in [3.8, 4) is 22.4 Å². The number of nitrogens with two attached hydrogens (primary N) is 1. The summed E-state index contributed by atoms with van der Waals surface area (Å²) in [6, 6.07) is 15.2. The highest BCUT2D eigenvalue weighted by atomic mass is 35.5. The van der Waals surface area contributed by atoms with Crippen molar-refractivity contribution in [1.29, 1.82) is 0 Å². The number of halogens is 2. The topological polar surface area (TPSA) is 93.5 Å². The molecule has 1 unspecified atom stereocenters. The largest absolute Gasteiger partial charge is 0.432 e. The molecule has 2 aromatic carbocycles. The standard InChI is InChI=1S/C25H20Cl2N4O2/c1-2-21(32)24-22(28)19-10-18(13-3-6-16(26)7-4-13)23(31-25(19)33-24)17-8-5-14(9-20(17)27)15-11-29-30-12-15/h3-11,15,30H,2,12,28H2,1H3. The number of Topliss-reactive ketones (excluding diaryl/α,β-unsaturated/α-hetero) is 1. The van der Waals surface area contributed by atoms with Crippen molar-refractivity contribution in [3.05, 3.63) is 69.9 Å². The molecule has 33 heavy (non-hydrogen) atoms. The molecule has 0 bridgehead atoms. The molecule has 4 aromatic rings. The zero-order valence-electron chi connectivity index (χ0n) is 17.7. The molecular formula is C25H20Cl2N4O2. The second kappa shape index (κ2) is 8.54. The number of nitrogens with zero attached hydrogens (tertiary/aromatic N) is 2. The van der Waals surface area contributed by atoms with E-state index in [4.69, 9.17) is 38.3 Å². The lowest BCUT2D eigenvalue weighted by Crippen LogP contribution is -2.08. The van der Waals surface area contributed by atoms with Crippen LogP contribution in [-0.4, -0.2) is 23.5 Å². The summed E-state index contributed by atoms with van der Waals surface area (Å²) < 4.78 is 5.79. The summed E-state index contributed by atoms with van der Waals surface area (Å²) >= 11 is 12.9. The Morgan fingerprint density at radius 3 is 2.61 bits per heavy atom. The van der Waals surface area contributed by atoms with E-state index in [1.165, 1.54) is 0 Å². The van der Waals surface area contributed by atoms with Crippen LogP contribution in [0.2, 0.25) is 10.0 Å². The Morgan fingerprint density at radius 2 is 1.94 bits per heavy atom. The molecule has 0 aliphatic carbocycles. The number of nitrogen functional groups attached to an aromatic ring is 1. The highest BCUT2D eigenvalue weighted by Gasteiger charge is 2.23. The van der Waals surface area contributed by atoms with E-state index in [0.717, 1.165) is 28.8 Å². The number of hydrazone groups is 1. The molecule has 8 heteroatoms. The first kappa shape index (κ1) is 21.5. The van der Waals surface area contributed by atoms with Crippen molar-refractivity contribution in [3.63, 3.8) is 0 Å². The second-order valence-corrected chi connectivity index (χ2v) is 8.70. The smallest absolute Gasteiger partial charge is 0.229 e. The van der Waals surface area contributed by atoms with Crippen molar-refractivity contribution in [2.45, 2.75) is 19.3 Å². The van der Waals surface area contributed by atoms with Crippen LogP contribution in [0.25, 0.3) is 33.5 Å². The van der Waals surface area contributed by atoms with E-state index in [1.54, 1.807) is 6.92 Å².